The molecule has 0 aliphatic rings. The van der Waals surface area contributed by atoms with Gasteiger partial charge >= 0.3 is 0 Å². The first-order chi connectivity index (χ1) is 61.5. The monoisotopic (exact) mass is 1720 g/mol. The molecule has 0 N–H and O–H groups in total. The van der Waals surface area contributed by atoms with Crippen LogP contribution in [0.5, 0.6) is 0 Å². The van der Waals surface area contributed by atoms with Gasteiger partial charge in [-0.3, -0.25) is 56.6 Å². The number of unbranched alkanes of at least 4 members (excludes halogenated alkanes) is 24. The fourth-order valence-electron chi connectivity index (χ4n) is 24.4. The van der Waals surface area contributed by atoms with Crippen molar-refractivity contribution in [2.24, 2.45) is 0 Å². The van der Waals surface area contributed by atoms with Gasteiger partial charge in [0.05, 0.1) is 0 Å². The van der Waals surface area contributed by atoms with Crippen LogP contribution in [0.1, 0.15) is 348 Å². The molecule has 0 saturated heterocycles. The van der Waals surface area contributed by atoms with E-state index in [4.69, 9.17) is 0 Å². The fourth-order valence-corrected chi connectivity index (χ4v) is 27.2. The minimum Gasteiger partial charge on any atom is -0.271 e. The molecule has 6 aromatic heterocycles. The van der Waals surface area contributed by atoms with E-state index in [1.165, 1.54) is 0 Å². The van der Waals surface area contributed by atoms with E-state index in [1.807, 2.05) is 24.3 Å². The van der Waals surface area contributed by atoms with Crippen LogP contribution >= 0.6 is 22.7 Å². The summed E-state index contributed by atoms with van der Waals surface area (Å²) in [4.78, 5) is 130. The standard InChI is InChI=1S/C112H126N4O8S2/c1-11-19-27-35-43-65(44-36-28-20-12-2)113-105(117)73-55-51-69-71-53-57-75-89-83(111(123)115(107(75)119)67(47-39-31-23-15-5)48-40-32-24-16-6)61-79-97(93(71)89)95-77(59-81(109(113)121)87(73)91(69)95)99-85-63(9)102-86(64(10)101(85)125-103(79)99)100-78-60-82-88-74(106(118)114(110(82)122)66(45-37-29-21-13-3)46-38-30-22-14-4)56-52-70-72-54-58-76-90-84(62-80(104(100)126-102)98(94(72)90)96(78)92(70)88)112(124)116(108(76)120)68(49-41-33-25-17-7)50-42-34-26-18-8/h51-62,65-68H,11-50H2,1-10H3. The van der Waals surface area contributed by atoms with E-state index in [1.54, 1.807) is 40.9 Å². The highest BCUT2D eigenvalue weighted by Crippen LogP contribution is 2.60. The number of hydrogen-bond acceptors (Lipinski definition) is 10. The summed E-state index contributed by atoms with van der Waals surface area (Å²) in [5, 5.41) is 25.0. The van der Waals surface area contributed by atoms with Gasteiger partial charge in [0.2, 0.25) is 0 Å². The fraction of sp³-hybridized carbons (Fsp3) is 0.482. The van der Waals surface area contributed by atoms with Crippen molar-refractivity contribution in [2.75, 3.05) is 0 Å². The van der Waals surface area contributed by atoms with Gasteiger partial charge in [-0.05, 0) is 190 Å². The number of aryl methyl sites for hydroxylation is 2. The van der Waals surface area contributed by atoms with Crippen LogP contribution in [0.3, 0.4) is 0 Å². The van der Waals surface area contributed by atoms with Crippen LogP contribution in [-0.2, 0) is 0 Å². The van der Waals surface area contributed by atoms with Gasteiger partial charge < -0.3 is 0 Å². The molecular formula is C112H126N4O8S2. The average molecular weight is 1720 g/mol. The maximum absolute atomic E-state index is 16.6. The second-order valence-electron chi connectivity index (χ2n) is 38.6. The smallest absolute Gasteiger partial charge is 0.261 e. The summed E-state index contributed by atoms with van der Waals surface area (Å²) in [6, 6.07) is 23.7. The molecule has 14 heteroatoms. The van der Waals surface area contributed by atoms with Gasteiger partial charge in [0.15, 0.2) is 0 Å². The molecule has 6 heterocycles. The molecule has 0 bridgehead atoms. The number of thiophene rings is 2. The zero-order valence-electron chi connectivity index (χ0n) is 76.4. The summed E-state index contributed by atoms with van der Waals surface area (Å²) < 4.78 is 10.7. The Morgan fingerprint density at radius 3 is 0.587 bits per heavy atom. The quantitative estimate of drug-likeness (QED) is 0.0208. The lowest BCUT2D eigenvalue weighted by Crippen LogP contribution is -2.37. The lowest BCUT2D eigenvalue weighted by Gasteiger charge is -2.25. The minimum absolute atomic E-state index is 0.245. The summed E-state index contributed by atoms with van der Waals surface area (Å²) in [7, 11) is 0. The molecule has 0 radical (unpaired) electrons. The van der Waals surface area contributed by atoms with Crippen molar-refractivity contribution in [3.63, 3.8) is 0 Å². The first kappa shape index (κ1) is 85.9. The van der Waals surface area contributed by atoms with Crippen LogP contribution in [-0.4, -0.2) is 18.3 Å². The first-order valence-corrected chi connectivity index (χ1v) is 51.3. The van der Waals surface area contributed by atoms with Gasteiger partial charge in [0, 0.05) is 151 Å². The van der Waals surface area contributed by atoms with Gasteiger partial charge in [-0.15, -0.1) is 22.7 Å². The van der Waals surface area contributed by atoms with Gasteiger partial charge in [0.1, 0.15) is 0 Å². The van der Waals surface area contributed by atoms with Crippen LogP contribution < -0.4 is 44.5 Å². The summed E-state index contributed by atoms with van der Waals surface area (Å²) in [5.74, 6) is 0. The highest BCUT2D eigenvalue weighted by atomic mass is 32.1. The predicted octanol–water partition coefficient (Wildman–Crippen LogP) is 30.7. The Morgan fingerprint density at radius 2 is 0.373 bits per heavy atom. The third kappa shape index (κ3) is 13.5. The number of pyridine rings is 4. The van der Waals surface area contributed by atoms with Crippen molar-refractivity contribution < 1.29 is 0 Å². The van der Waals surface area contributed by atoms with Crippen LogP contribution in [0, 0.1) is 13.8 Å². The lowest BCUT2D eigenvalue weighted by atomic mass is 9.81. The number of hydrogen-bond donors (Lipinski definition) is 0. The molecular weight excluding hydrogens is 1590 g/mol. The molecule has 0 aliphatic heterocycles. The van der Waals surface area contributed by atoms with Crippen molar-refractivity contribution in [3.05, 3.63) is 167 Å². The van der Waals surface area contributed by atoms with E-state index in [-0.39, 0.29) is 68.6 Å². The Kier molecular flexibility index (Phi) is 24.2. The average Bonchev–Trinajstić information content (AvgIpc) is 1.28. The molecule has 0 unspecified atom stereocenters. The highest BCUT2D eigenvalue weighted by Gasteiger charge is 2.36. The number of aromatic nitrogens is 4. The lowest BCUT2D eigenvalue weighted by molar-refractivity contribution is 0.384. The second-order valence-corrected chi connectivity index (χ2v) is 40.7. The molecule has 0 aliphatic carbocycles. The van der Waals surface area contributed by atoms with Crippen LogP contribution in [0.15, 0.2) is 111 Å². The van der Waals surface area contributed by atoms with Gasteiger partial charge in [-0.1, -0.05) is 285 Å². The number of fused-ring (bicyclic) bond motifs is 12. The maximum atomic E-state index is 16.6. The van der Waals surface area contributed by atoms with E-state index in [0.29, 0.717) is 64.6 Å². The minimum atomic E-state index is -0.290. The Morgan fingerprint density at radius 1 is 0.190 bits per heavy atom. The molecule has 13 aromatic carbocycles. The normalized spacial score (nSPS) is 13.1. The Hall–Kier alpha value is -9.50. The SMILES string of the molecule is CCCCCCC(CCCCCC)n1c(=O)c2ccc3c4ccc5c(=O)n(C(CCCCCC)CCCCCC)c(=O)c6cc7c8c(sc9c(C)c%10c(sc%11c%12cc%13c(=O)n(C(CCCCCC)CCCCCC)c(=O)c%14ccc%15c%16ccc%17c(=O)n(C(CCCCCC)CCCCCC)c(=O)c%18cc(c%11%10)c(c%16c%17%18)c%12c%15c%14%13)c(C)c98)c8cc(c1=O)c2c3c8c7c4c56. The molecule has 654 valence electrons. The van der Waals surface area contributed by atoms with E-state index >= 15 is 38.4 Å². The molecule has 0 fully saturated rings. The van der Waals surface area contributed by atoms with Crippen molar-refractivity contribution in [2.45, 2.75) is 350 Å². The second kappa shape index (κ2) is 35.5. The number of benzene rings is 13. The van der Waals surface area contributed by atoms with Crippen LogP contribution in [0.4, 0.5) is 0 Å². The zero-order chi connectivity index (χ0) is 87.4. The highest BCUT2D eigenvalue weighted by molar-refractivity contribution is 7.29. The zero-order valence-corrected chi connectivity index (χ0v) is 78.0. The van der Waals surface area contributed by atoms with Gasteiger partial charge in [-0.2, -0.15) is 0 Å². The first-order valence-electron chi connectivity index (χ1n) is 49.6. The summed E-state index contributed by atoms with van der Waals surface area (Å²) >= 11 is 3.46. The molecule has 0 spiro atoms. The number of nitrogens with zero attached hydrogens (tertiary/aromatic N) is 4. The van der Waals surface area contributed by atoms with E-state index < -0.39 is 0 Å². The summed E-state index contributed by atoms with van der Waals surface area (Å²) in [6.07, 6.45) is 38.7. The van der Waals surface area contributed by atoms with Crippen LogP contribution in [0.25, 0.3) is 191 Å². The Bertz CT molecular complexity index is 7370. The molecule has 0 amide bonds. The van der Waals surface area contributed by atoms with E-state index in [2.05, 4.69) is 118 Å². The van der Waals surface area contributed by atoms with Gasteiger partial charge in [0.25, 0.3) is 44.5 Å². The third-order valence-corrected chi connectivity index (χ3v) is 33.4. The molecule has 0 atom stereocenters. The summed E-state index contributed by atoms with van der Waals surface area (Å²) in [6.45, 7) is 22.3. The molecule has 19 rings (SSSR count). The topological polar surface area (TPSA) is 156 Å². The summed E-state index contributed by atoms with van der Waals surface area (Å²) in [5.41, 5.74) is 0.0347. The van der Waals surface area contributed by atoms with Crippen LogP contribution in [0.2, 0.25) is 0 Å². The Balaban J connectivity index is 0.973. The van der Waals surface area contributed by atoms with Crippen molar-refractivity contribution in [3.8, 4) is 0 Å². The molecule has 126 heavy (non-hydrogen) atoms. The van der Waals surface area contributed by atoms with E-state index in [9.17, 15) is 0 Å². The third-order valence-electron chi connectivity index (χ3n) is 30.7. The van der Waals surface area contributed by atoms with E-state index in [0.717, 1.165) is 394 Å². The van der Waals surface area contributed by atoms with Gasteiger partial charge in [-0.25, -0.2) is 0 Å². The number of rotatable bonds is 44. The Labute approximate surface area is 744 Å². The van der Waals surface area contributed by atoms with Crippen molar-refractivity contribution >= 4 is 214 Å². The van der Waals surface area contributed by atoms with Crippen molar-refractivity contribution in [1.29, 1.82) is 0 Å². The van der Waals surface area contributed by atoms with Crippen molar-refractivity contribution in [1.82, 2.24) is 18.3 Å². The molecule has 0 saturated carbocycles. The largest absolute Gasteiger partial charge is 0.271 e. The molecule has 19 aromatic rings. The maximum Gasteiger partial charge on any atom is 0.261 e. The predicted molar refractivity (Wildman–Crippen MR) is 545 cm³/mol. The molecule has 12 nitrogen and oxygen atoms in total.